The topological polar surface area (TPSA) is 15.3 Å². The van der Waals surface area contributed by atoms with Crippen LogP contribution in [0.1, 0.15) is 25.7 Å². The molecule has 3 heteroatoms. The van der Waals surface area contributed by atoms with E-state index in [2.05, 4.69) is 31.3 Å². The zero-order valence-electron chi connectivity index (χ0n) is 6.77. The van der Waals surface area contributed by atoms with Crippen LogP contribution in [-0.2, 0) is 0 Å². The number of nitrogens with zero attached hydrogens (tertiary/aromatic N) is 1. The SMILES string of the molecule is INC12CCCN(CC1)CC2. The van der Waals surface area contributed by atoms with E-state index in [1.165, 1.54) is 45.3 Å². The highest BCUT2D eigenvalue weighted by molar-refractivity contribution is 14.1. The Morgan fingerprint density at radius 1 is 1.09 bits per heavy atom. The van der Waals surface area contributed by atoms with E-state index in [0.717, 1.165) is 0 Å². The second-order valence-corrected chi connectivity index (χ2v) is 4.36. The predicted molar refractivity (Wildman–Crippen MR) is 54.8 cm³/mol. The smallest absolute Gasteiger partial charge is 0.0299 e. The third-order valence-corrected chi connectivity index (χ3v) is 4.29. The molecule has 0 saturated carbocycles. The predicted octanol–water partition coefficient (Wildman–Crippen LogP) is 1.55. The van der Waals surface area contributed by atoms with Gasteiger partial charge in [-0.2, -0.15) is 0 Å². The summed E-state index contributed by atoms with van der Waals surface area (Å²) in [5.41, 5.74) is 0.507. The van der Waals surface area contributed by atoms with Gasteiger partial charge in [0.1, 0.15) is 0 Å². The summed E-state index contributed by atoms with van der Waals surface area (Å²) in [6.07, 6.45) is 5.48. The van der Waals surface area contributed by atoms with Crippen molar-refractivity contribution in [2.24, 2.45) is 0 Å². The molecule has 0 aromatic carbocycles. The zero-order valence-corrected chi connectivity index (χ0v) is 8.93. The Hall–Kier alpha value is 0.650. The molecule has 0 aliphatic carbocycles. The van der Waals surface area contributed by atoms with E-state index >= 15 is 0 Å². The van der Waals surface area contributed by atoms with Gasteiger partial charge in [0.05, 0.1) is 0 Å². The molecule has 64 valence electrons. The summed E-state index contributed by atoms with van der Waals surface area (Å²) in [5.74, 6) is 0. The van der Waals surface area contributed by atoms with E-state index in [-0.39, 0.29) is 0 Å². The van der Waals surface area contributed by atoms with Gasteiger partial charge in [-0.15, -0.1) is 0 Å². The summed E-state index contributed by atoms with van der Waals surface area (Å²) in [5, 5.41) is 0. The maximum Gasteiger partial charge on any atom is 0.0299 e. The number of piperidine rings is 1. The molecule has 11 heavy (non-hydrogen) atoms. The molecular weight excluding hydrogens is 251 g/mol. The van der Waals surface area contributed by atoms with E-state index in [9.17, 15) is 0 Å². The first kappa shape index (κ1) is 8.26. The van der Waals surface area contributed by atoms with E-state index in [1.807, 2.05) is 0 Å². The fourth-order valence-corrected chi connectivity index (χ4v) is 3.05. The summed E-state index contributed by atoms with van der Waals surface area (Å²) in [7, 11) is 0. The van der Waals surface area contributed by atoms with Crippen molar-refractivity contribution in [2.75, 3.05) is 19.6 Å². The second kappa shape index (κ2) is 3.18. The van der Waals surface area contributed by atoms with Crippen LogP contribution in [0.3, 0.4) is 0 Å². The Morgan fingerprint density at radius 2 is 1.82 bits per heavy atom. The van der Waals surface area contributed by atoms with Gasteiger partial charge in [0.2, 0.25) is 0 Å². The monoisotopic (exact) mass is 266 g/mol. The lowest BCUT2D eigenvalue weighted by Gasteiger charge is -2.36. The normalized spacial score (nSPS) is 43.9. The van der Waals surface area contributed by atoms with Crippen molar-refractivity contribution in [1.29, 1.82) is 0 Å². The maximum absolute atomic E-state index is 3.49. The van der Waals surface area contributed by atoms with Crippen molar-refractivity contribution in [1.82, 2.24) is 8.43 Å². The van der Waals surface area contributed by atoms with Gasteiger partial charge < -0.3 is 4.90 Å². The van der Waals surface area contributed by atoms with Crippen LogP contribution in [0.15, 0.2) is 0 Å². The molecule has 0 amide bonds. The highest BCUT2D eigenvalue weighted by Crippen LogP contribution is 2.31. The number of fused-ring (bicyclic) bond motifs is 4. The molecule has 2 bridgehead atoms. The highest BCUT2D eigenvalue weighted by Gasteiger charge is 2.35. The molecule has 0 radical (unpaired) electrons. The molecule has 1 N–H and O–H groups in total. The first-order valence-corrected chi connectivity index (χ1v) is 5.53. The number of hydrogen-bond acceptors (Lipinski definition) is 2. The Labute approximate surface area is 82.2 Å². The highest BCUT2D eigenvalue weighted by atomic mass is 127. The fourth-order valence-electron chi connectivity index (χ4n) is 2.24. The van der Waals surface area contributed by atoms with Gasteiger partial charge in [-0.1, -0.05) is 0 Å². The maximum atomic E-state index is 3.49. The Kier molecular flexibility index (Phi) is 2.39. The van der Waals surface area contributed by atoms with Gasteiger partial charge in [-0.3, -0.25) is 3.53 Å². The average Bonchev–Trinajstić information content (AvgIpc) is 2.37. The minimum absolute atomic E-state index is 0.507. The van der Waals surface area contributed by atoms with Crippen LogP contribution >= 0.6 is 22.9 Å². The van der Waals surface area contributed by atoms with Gasteiger partial charge in [0.15, 0.2) is 0 Å². The molecule has 0 atom stereocenters. The quantitative estimate of drug-likeness (QED) is 0.572. The largest absolute Gasteiger partial charge is 0.303 e. The van der Waals surface area contributed by atoms with Crippen LogP contribution in [0.4, 0.5) is 0 Å². The van der Waals surface area contributed by atoms with Gasteiger partial charge >= 0.3 is 0 Å². The van der Waals surface area contributed by atoms with Crippen LogP contribution in [0.2, 0.25) is 0 Å². The van der Waals surface area contributed by atoms with Crippen LogP contribution in [0.25, 0.3) is 0 Å². The van der Waals surface area contributed by atoms with Gasteiger partial charge in [0, 0.05) is 28.4 Å². The minimum atomic E-state index is 0.507. The van der Waals surface area contributed by atoms with Crippen molar-refractivity contribution in [3.63, 3.8) is 0 Å². The number of halogens is 1. The second-order valence-electron chi connectivity index (χ2n) is 3.82. The van der Waals surface area contributed by atoms with Crippen molar-refractivity contribution >= 4 is 22.9 Å². The Morgan fingerprint density at radius 3 is 2.45 bits per heavy atom. The molecule has 3 fully saturated rings. The number of rotatable bonds is 1. The van der Waals surface area contributed by atoms with Crippen LogP contribution in [-0.4, -0.2) is 30.1 Å². The van der Waals surface area contributed by atoms with Gasteiger partial charge in [-0.05, 0) is 45.3 Å². The van der Waals surface area contributed by atoms with Crippen LogP contribution in [0, 0.1) is 0 Å². The van der Waals surface area contributed by atoms with Gasteiger partial charge in [0.25, 0.3) is 0 Å². The van der Waals surface area contributed by atoms with Crippen molar-refractivity contribution in [2.45, 2.75) is 31.2 Å². The molecule has 0 spiro atoms. The van der Waals surface area contributed by atoms with E-state index < -0.39 is 0 Å². The molecule has 3 rings (SSSR count). The molecular formula is C8H15IN2. The summed E-state index contributed by atoms with van der Waals surface area (Å²) in [4.78, 5) is 2.60. The third-order valence-electron chi connectivity index (χ3n) is 3.14. The lowest BCUT2D eigenvalue weighted by molar-refractivity contribution is 0.196. The lowest BCUT2D eigenvalue weighted by Crippen LogP contribution is -2.46. The van der Waals surface area contributed by atoms with E-state index in [1.54, 1.807) is 0 Å². The van der Waals surface area contributed by atoms with Crippen LogP contribution < -0.4 is 3.53 Å². The minimum Gasteiger partial charge on any atom is -0.303 e. The van der Waals surface area contributed by atoms with Gasteiger partial charge in [-0.25, -0.2) is 0 Å². The summed E-state index contributed by atoms with van der Waals surface area (Å²) < 4.78 is 3.49. The lowest BCUT2D eigenvalue weighted by atomic mass is 9.87. The van der Waals surface area contributed by atoms with Crippen molar-refractivity contribution < 1.29 is 0 Å². The molecule has 2 nitrogen and oxygen atoms in total. The fraction of sp³-hybridized carbons (Fsp3) is 1.00. The van der Waals surface area contributed by atoms with Crippen molar-refractivity contribution in [3.8, 4) is 0 Å². The molecule has 0 aromatic rings. The molecule has 0 aromatic heterocycles. The summed E-state index contributed by atoms with van der Waals surface area (Å²) in [6, 6.07) is 0. The first-order valence-electron chi connectivity index (χ1n) is 4.45. The average molecular weight is 266 g/mol. The van der Waals surface area contributed by atoms with Crippen molar-refractivity contribution in [3.05, 3.63) is 0 Å². The number of hydrogen-bond donors (Lipinski definition) is 1. The molecule has 3 aliphatic heterocycles. The number of nitrogens with one attached hydrogen (secondary N) is 1. The molecule has 3 aliphatic rings. The Balaban J connectivity index is 2.10. The summed E-state index contributed by atoms with van der Waals surface area (Å²) in [6.45, 7) is 3.96. The molecule has 3 heterocycles. The standard InChI is InChI=1S/C8H15IN2/c9-10-8-2-1-5-11(6-3-8)7-4-8/h10H,1-7H2. The van der Waals surface area contributed by atoms with Crippen LogP contribution in [0.5, 0.6) is 0 Å². The summed E-state index contributed by atoms with van der Waals surface area (Å²) >= 11 is 2.33. The molecule has 3 saturated heterocycles. The molecule has 0 unspecified atom stereocenters. The van der Waals surface area contributed by atoms with E-state index in [4.69, 9.17) is 0 Å². The third kappa shape index (κ3) is 1.55. The zero-order chi connectivity index (χ0) is 7.73. The first-order chi connectivity index (χ1) is 5.35. The van der Waals surface area contributed by atoms with E-state index in [0.29, 0.717) is 5.54 Å². The Bertz CT molecular complexity index is 136.